The average molecular weight is 338 g/mol. The lowest BCUT2D eigenvalue weighted by Gasteiger charge is -2.04. The Labute approximate surface area is 149 Å². The molecule has 0 aliphatic rings. The molecule has 0 spiro atoms. The predicted molar refractivity (Wildman–Crippen MR) is 100 cm³/mol. The van der Waals surface area contributed by atoms with Crippen molar-refractivity contribution in [2.45, 2.75) is 0 Å². The van der Waals surface area contributed by atoms with E-state index in [4.69, 9.17) is 4.42 Å². The van der Waals surface area contributed by atoms with Gasteiger partial charge in [0.15, 0.2) is 5.58 Å². The second-order valence-electron chi connectivity index (χ2n) is 5.99. The lowest BCUT2D eigenvalue weighted by molar-refractivity contribution is 0.619. The van der Waals surface area contributed by atoms with Crippen LogP contribution >= 0.6 is 0 Å². The van der Waals surface area contributed by atoms with Gasteiger partial charge in [-0.1, -0.05) is 24.3 Å². The zero-order valence-electron chi connectivity index (χ0n) is 13.8. The number of hydrogen-bond donors (Lipinski definition) is 1. The van der Waals surface area contributed by atoms with Crippen LogP contribution in [0.3, 0.4) is 0 Å². The summed E-state index contributed by atoms with van der Waals surface area (Å²) in [7, 11) is 0. The van der Waals surface area contributed by atoms with Crippen LogP contribution in [-0.2, 0) is 0 Å². The molecule has 1 N–H and O–H groups in total. The van der Waals surface area contributed by atoms with Gasteiger partial charge in [0.05, 0.1) is 11.3 Å². The van der Waals surface area contributed by atoms with Crippen molar-refractivity contribution in [1.82, 2.24) is 20.2 Å². The van der Waals surface area contributed by atoms with E-state index in [0.29, 0.717) is 5.89 Å². The third-order valence-electron chi connectivity index (χ3n) is 4.30. The van der Waals surface area contributed by atoms with Gasteiger partial charge in [-0.2, -0.15) is 5.10 Å². The van der Waals surface area contributed by atoms with Crippen LogP contribution in [0.25, 0.3) is 44.9 Å². The second-order valence-corrected chi connectivity index (χ2v) is 5.99. The molecule has 0 bridgehead atoms. The van der Waals surface area contributed by atoms with Crippen molar-refractivity contribution in [2.24, 2.45) is 0 Å². The van der Waals surface area contributed by atoms with E-state index in [1.54, 1.807) is 18.6 Å². The number of fused-ring (bicyclic) bond motifs is 1. The number of oxazole rings is 1. The molecule has 0 saturated carbocycles. The van der Waals surface area contributed by atoms with E-state index in [0.717, 1.165) is 39.0 Å². The standard InChI is InChI=1S/C21H14N4O/c1-3-14(11-16(4-1)18-8-10-23-25-18)15-6-7-20-19(12-15)24-21(26-20)17-5-2-9-22-13-17/h1-13H,(H,23,25). The van der Waals surface area contributed by atoms with Crippen molar-refractivity contribution < 1.29 is 4.42 Å². The van der Waals surface area contributed by atoms with Crippen LogP contribution in [0.2, 0.25) is 0 Å². The van der Waals surface area contributed by atoms with Crippen molar-refractivity contribution in [3.63, 3.8) is 0 Å². The monoisotopic (exact) mass is 338 g/mol. The minimum absolute atomic E-state index is 0.580. The van der Waals surface area contributed by atoms with Gasteiger partial charge in [-0.15, -0.1) is 0 Å². The molecule has 26 heavy (non-hydrogen) atoms. The van der Waals surface area contributed by atoms with Crippen molar-refractivity contribution >= 4 is 11.1 Å². The molecule has 0 saturated heterocycles. The summed E-state index contributed by atoms with van der Waals surface area (Å²) >= 11 is 0. The van der Waals surface area contributed by atoms with Crippen molar-refractivity contribution in [2.75, 3.05) is 0 Å². The van der Waals surface area contributed by atoms with Crippen LogP contribution < -0.4 is 0 Å². The molecule has 0 atom stereocenters. The summed E-state index contributed by atoms with van der Waals surface area (Å²) in [4.78, 5) is 8.74. The molecule has 2 aromatic carbocycles. The number of H-pyrrole nitrogens is 1. The first-order chi connectivity index (χ1) is 12.9. The quantitative estimate of drug-likeness (QED) is 0.505. The number of hydrogen-bond acceptors (Lipinski definition) is 4. The maximum absolute atomic E-state index is 5.86. The molecular weight excluding hydrogens is 324 g/mol. The molecule has 0 fully saturated rings. The van der Waals surface area contributed by atoms with Crippen LogP contribution in [0.1, 0.15) is 0 Å². The molecule has 5 heteroatoms. The minimum atomic E-state index is 0.580. The molecule has 0 aliphatic carbocycles. The summed E-state index contributed by atoms with van der Waals surface area (Å²) in [5.41, 5.74) is 6.75. The summed E-state index contributed by atoms with van der Waals surface area (Å²) in [5, 5.41) is 7.02. The van der Waals surface area contributed by atoms with Crippen LogP contribution in [0.5, 0.6) is 0 Å². The van der Waals surface area contributed by atoms with Gasteiger partial charge >= 0.3 is 0 Å². The highest BCUT2D eigenvalue weighted by atomic mass is 16.3. The largest absolute Gasteiger partial charge is 0.436 e. The Bertz CT molecular complexity index is 1180. The zero-order chi connectivity index (χ0) is 17.3. The van der Waals surface area contributed by atoms with E-state index in [9.17, 15) is 0 Å². The van der Waals surface area contributed by atoms with Crippen LogP contribution in [-0.4, -0.2) is 20.2 Å². The Kier molecular flexibility index (Phi) is 3.35. The number of rotatable bonds is 3. The minimum Gasteiger partial charge on any atom is -0.436 e. The second kappa shape index (κ2) is 5.97. The molecule has 3 heterocycles. The number of aromatic amines is 1. The summed E-state index contributed by atoms with van der Waals surface area (Å²) in [5.74, 6) is 0.580. The molecule has 0 radical (unpaired) electrons. The Morgan fingerprint density at radius 2 is 1.65 bits per heavy atom. The van der Waals surface area contributed by atoms with E-state index in [1.165, 1.54) is 0 Å². The first kappa shape index (κ1) is 14.6. The van der Waals surface area contributed by atoms with E-state index < -0.39 is 0 Å². The number of nitrogens with zero attached hydrogens (tertiary/aromatic N) is 3. The normalized spacial score (nSPS) is 11.1. The molecule has 0 unspecified atom stereocenters. The topological polar surface area (TPSA) is 67.6 Å². The van der Waals surface area contributed by atoms with Gasteiger partial charge in [0.25, 0.3) is 0 Å². The van der Waals surface area contributed by atoms with Crippen molar-refractivity contribution in [3.8, 4) is 33.8 Å². The number of benzene rings is 2. The van der Waals surface area contributed by atoms with Gasteiger partial charge < -0.3 is 4.42 Å². The van der Waals surface area contributed by atoms with E-state index in [1.807, 2.05) is 42.5 Å². The number of pyridine rings is 1. The lowest BCUT2D eigenvalue weighted by atomic mass is 10.0. The SMILES string of the molecule is c1cc(-c2ccc3oc(-c4cccnc4)nc3c2)cc(-c2ccn[nH]2)c1. The highest BCUT2D eigenvalue weighted by Gasteiger charge is 2.10. The fourth-order valence-electron chi connectivity index (χ4n) is 3.00. The highest BCUT2D eigenvalue weighted by Crippen LogP contribution is 2.30. The van der Waals surface area contributed by atoms with Gasteiger partial charge in [-0.05, 0) is 47.5 Å². The third-order valence-corrected chi connectivity index (χ3v) is 4.30. The van der Waals surface area contributed by atoms with Crippen molar-refractivity contribution in [3.05, 3.63) is 79.3 Å². The van der Waals surface area contributed by atoms with E-state index >= 15 is 0 Å². The first-order valence-electron chi connectivity index (χ1n) is 8.28. The third kappa shape index (κ3) is 2.56. The van der Waals surface area contributed by atoms with Gasteiger partial charge in [-0.25, -0.2) is 4.98 Å². The first-order valence-corrected chi connectivity index (χ1v) is 8.28. The molecule has 5 aromatic rings. The van der Waals surface area contributed by atoms with Gasteiger partial charge in [0, 0.05) is 24.2 Å². The van der Waals surface area contributed by atoms with Crippen LogP contribution in [0, 0.1) is 0 Å². The maximum atomic E-state index is 5.86. The zero-order valence-corrected chi connectivity index (χ0v) is 13.8. The lowest BCUT2D eigenvalue weighted by Crippen LogP contribution is -1.82. The molecule has 124 valence electrons. The summed E-state index contributed by atoms with van der Waals surface area (Å²) in [6, 6.07) is 20.1. The van der Waals surface area contributed by atoms with E-state index in [2.05, 4.69) is 38.4 Å². The summed E-state index contributed by atoms with van der Waals surface area (Å²) in [6.07, 6.45) is 5.24. The number of aromatic nitrogens is 4. The fourth-order valence-corrected chi connectivity index (χ4v) is 3.00. The number of nitrogens with one attached hydrogen (secondary N) is 1. The molecular formula is C21H14N4O. The Morgan fingerprint density at radius 3 is 2.50 bits per heavy atom. The van der Waals surface area contributed by atoms with Gasteiger partial charge in [0.2, 0.25) is 5.89 Å². The van der Waals surface area contributed by atoms with Gasteiger partial charge in [0.1, 0.15) is 5.52 Å². The van der Waals surface area contributed by atoms with Gasteiger partial charge in [-0.3, -0.25) is 10.1 Å². The smallest absolute Gasteiger partial charge is 0.228 e. The molecule has 0 amide bonds. The molecule has 3 aromatic heterocycles. The summed E-state index contributed by atoms with van der Waals surface area (Å²) < 4.78 is 5.86. The molecule has 5 nitrogen and oxygen atoms in total. The average Bonchev–Trinajstić information content (AvgIpc) is 3.38. The Hall–Kier alpha value is -3.73. The maximum Gasteiger partial charge on any atom is 0.228 e. The molecule has 0 aliphatic heterocycles. The van der Waals surface area contributed by atoms with E-state index in [-0.39, 0.29) is 0 Å². The van der Waals surface area contributed by atoms with Crippen LogP contribution in [0.4, 0.5) is 0 Å². The Morgan fingerprint density at radius 1 is 0.769 bits per heavy atom. The predicted octanol–water partition coefficient (Wildman–Crippen LogP) is 4.95. The Balaban J connectivity index is 1.57. The van der Waals surface area contributed by atoms with Crippen molar-refractivity contribution in [1.29, 1.82) is 0 Å². The highest BCUT2D eigenvalue weighted by molar-refractivity contribution is 5.83. The summed E-state index contributed by atoms with van der Waals surface area (Å²) in [6.45, 7) is 0. The molecule has 5 rings (SSSR count). The van der Waals surface area contributed by atoms with Crippen LogP contribution in [0.15, 0.2) is 83.7 Å². The fraction of sp³-hybridized carbons (Fsp3) is 0.